The maximum absolute atomic E-state index is 2.35. The van der Waals surface area contributed by atoms with E-state index in [2.05, 4.69) is 75.4 Å². The second kappa shape index (κ2) is 4.13. The Balaban J connectivity index is 2.23. The highest BCUT2D eigenvalue weighted by Gasteiger charge is 2.09. The molecule has 0 saturated heterocycles. The third-order valence-electron chi connectivity index (χ3n) is 2.19. The van der Waals surface area contributed by atoms with Gasteiger partial charge in [0.1, 0.15) is 18.9 Å². The van der Waals surface area contributed by atoms with Crippen molar-refractivity contribution in [3.63, 3.8) is 0 Å². The normalized spacial score (nSPS) is 10.4. The molecule has 0 atom stereocenters. The fraction of sp³-hybridized carbons (Fsp3) is 0.182. The van der Waals surface area contributed by atoms with Gasteiger partial charge < -0.3 is 0 Å². The van der Waals surface area contributed by atoms with Crippen LogP contribution in [0.4, 0.5) is 0 Å². The Bertz CT molecular complexity index is 420. The Morgan fingerprint density at radius 2 is 2.00 bits per heavy atom. The number of hydrogen-bond acceptors (Lipinski definition) is 0. The molecule has 1 heterocycles. The quantitative estimate of drug-likeness (QED) is 0.592. The van der Waals surface area contributed by atoms with E-state index >= 15 is 0 Å². The van der Waals surface area contributed by atoms with E-state index in [0.717, 1.165) is 6.54 Å². The predicted octanol–water partition coefficient (Wildman–Crippen LogP) is 1.97. The smallest absolute Gasteiger partial charge is 0.228 e. The Labute approximate surface area is 97.3 Å². The number of imidazole rings is 1. The van der Waals surface area contributed by atoms with E-state index in [1.807, 2.05) is 6.07 Å². The molecule has 0 amide bonds. The first-order valence-electron chi connectivity index (χ1n) is 4.51. The molecule has 1 aromatic heterocycles. The topological polar surface area (TPSA) is 8.81 Å². The maximum atomic E-state index is 2.35. The minimum absolute atomic E-state index is 0.944. The van der Waals surface area contributed by atoms with Crippen molar-refractivity contribution < 1.29 is 4.57 Å². The van der Waals surface area contributed by atoms with Crippen molar-refractivity contribution in [2.24, 2.45) is 7.05 Å². The molecule has 14 heavy (non-hydrogen) atoms. The second-order valence-corrected chi connectivity index (χ2v) is 4.26. The molecule has 0 spiro atoms. The van der Waals surface area contributed by atoms with Gasteiger partial charge in [0.05, 0.1) is 29.6 Å². The SMILES string of the molecule is C[n+]1ccn(Cc2ccccc2)c1I. The van der Waals surface area contributed by atoms with E-state index < -0.39 is 0 Å². The van der Waals surface area contributed by atoms with Gasteiger partial charge in [0.25, 0.3) is 0 Å². The molecule has 0 unspecified atom stereocenters. The molecule has 2 aromatic rings. The zero-order chi connectivity index (χ0) is 9.97. The third-order valence-corrected chi connectivity index (χ3v) is 3.57. The van der Waals surface area contributed by atoms with E-state index in [9.17, 15) is 0 Å². The van der Waals surface area contributed by atoms with E-state index in [1.165, 1.54) is 9.39 Å². The van der Waals surface area contributed by atoms with Gasteiger partial charge in [0, 0.05) is 0 Å². The first-order chi connectivity index (χ1) is 6.77. The van der Waals surface area contributed by atoms with Crippen LogP contribution in [0.25, 0.3) is 0 Å². The summed E-state index contributed by atoms with van der Waals surface area (Å²) in [7, 11) is 2.06. The summed E-state index contributed by atoms with van der Waals surface area (Å²) in [6.07, 6.45) is 4.18. The van der Waals surface area contributed by atoms with Gasteiger partial charge in [-0.1, -0.05) is 30.3 Å². The highest BCUT2D eigenvalue weighted by molar-refractivity contribution is 14.1. The Hall–Kier alpha value is -0.840. The van der Waals surface area contributed by atoms with E-state index in [0.29, 0.717) is 0 Å². The van der Waals surface area contributed by atoms with Crippen LogP contribution in [-0.2, 0) is 13.6 Å². The molecule has 2 rings (SSSR count). The molecule has 0 aliphatic carbocycles. The summed E-state index contributed by atoms with van der Waals surface area (Å²) in [6.45, 7) is 0.944. The summed E-state index contributed by atoms with van der Waals surface area (Å²) < 4.78 is 5.59. The van der Waals surface area contributed by atoms with Gasteiger partial charge in [-0.25, -0.2) is 9.13 Å². The Kier molecular flexibility index (Phi) is 2.86. The molecule has 1 aromatic carbocycles. The van der Waals surface area contributed by atoms with E-state index in [-0.39, 0.29) is 0 Å². The lowest BCUT2D eigenvalue weighted by atomic mass is 10.2. The van der Waals surface area contributed by atoms with Crippen molar-refractivity contribution in [3.8, 4) is 0 Å². The fourth-order valence-electron chi connectivity index (χ4n) is 1.40. The molecule has 72 valence electrons. The van der Waals surface area contributed by atoms with Gasteiger partial charge in [0.2, 0.25) is 0 Å². The number of nitrogens with zero attached hydrogens (tertiary/aromatic N) is 2. The monoisotopic (exact) mass is 299 g/mol. The summed E-state index contributed by atoms with van der Waals surface area (Å²) in [6, 6.07) is 10.5. The summed E-state index contributed by atoms with van der Waals surface area (Å²) in [5.41, 5.74) is 1.33. The van der Waals surface area contributed by atoms with Gasteiger partial charge in [-0.2, -0.15) is 0 Å². The highest BCUT2D eigenvalue weighted by Crippen LogP contribution is 2.05. The van der Waals surface area contributed by atoms with Crippen molar-refractivity contribution in [3.05, 3.63) is 52.1 Å². The molecule has 3 heteroatoms. The van der Waals surface area contributed by atoms with Crippen LogP contribution in [0.3, 0.4) is 0 Å². The van der Waals surface area contributed by atoms with Crippen LogP contribution in [0.2, 0.25) is 0 Å². The third kappa shape index (κ3) is 1.97. The summed E-state index contributed by atoms with van der Waals surface area (Å²) >= 11 is 2.35. The summed E-state index contributed by atoms with van der Waals surface area (Å²) in [4.78, 5) is 0. The molecule has 0 fully saturated rings. The molecule has 0 aliphatic heterocycles. The van der Waals surface area contributed by atoms with Crippen LogP contribution in [0.5, 0.6) is 0 Å². The fourth-order valence-corrected chi connectivity index (χ4v) is 1.90. The van der Waals surface area contributed by atoms with Crippen molar-refractivity contribution in [1.29, 1.82) is 0 Å². The lowest BCUT2D eigenvalue weighted by Crippen LogP contribution is -2.30. The first kappa shape index (κ1) is 9.71. The minimum Gasteiger partial charge on any atom is -0.228 e. The van der Waals surface area contributed by atoms with Gasteiger partial charge in [0.15, 0.2) is 0 Å². The Morgan fingerprint density at radius 3 is 2.57 bits per heavy atom. The minimum atomic E-state index is 0.944. The number of hydrogen-bond donors (Lipinski definition) is 0. The highest BCUT2D eigenvalue weighted by atomic mass is 127. The van der Waals surface area contributed by atoms with Crippen LogP contribution < -0.4 is 4.57 Å². The summed E-state index contributed by atoms with van der Waals surface area (Å²) in [5, 5.41) is 0. The molecule has 0 N–H and O–H groups in total. The van der Waals surface area contributed by atoms with Crippen molar-refractivity contribution in [2.75, 3.05) is 0 Å². The van der Waals surface area contributed by atoms with Crippen LogP contribution >= 0.6 is 22.6 Å². The predicted molar refractivity (Wildman–Crippen MR) is 63.9 cm³/mol. The van der Waals surface area contributed by atoms with Gasteiger partial charge >= 0.3 is 3.83 Å². The van der Waals surface area contributed by atoms with Crippen molar-refractivity contribution in [2.45, 2.75) is 6.54 Å². The molecule has 2 nitrogen and oxygen atoms in total. The molecule has 0 bridgehead atoms. The average Bonchev–Trinajstić information content (AvgIpc) is 2.52. The van der Waals surface area contributed by atoms with E-state index in [1.54, 1.807) is 0 Å². The zero-order valence-corrected chi connectivity index (χ0v) is 10.2. The molecule has 0 aliphatic rings. The number of aryl methyl sites for hydroxylation is 1. The lowest BCUT2D eigenvalue weighted by molar-refractivity contribution is -0.684. The zero-order valence-electron chi connectivity index (χ0n) is 8.02. The maximum Gasteiger partial charge on any atom is 0.317 e. The largest absolute Gasteiger partial charge is 0.317 e. The van der Waals surface area contributed by atoms with Crippen molar-refractivity contribution >= 4 is 22.6 Å². The lowest BCUT2D eigenvalue weighted by Gasteiger charge is -1.98. The molecular formula is C11H12IN2+. The number of aromatic nitrogens is 2. The number of halogens is 1. The van der Waals surface area contributed by atoms with Gasteiger partial charge in [-0.05, 0) is 5.56 Å². The van der Waals surface area contributed by atoms with Crippen LogP contribution in [0.15, 0.2) is 42.7 Å². The van der Waals surface area contributed by atoms with Crippen LogP contribution in [0, 0.1) is 3.83 Å². The molecular weight excluding hydrogens is 287 g/mol. The van der Waals surface area contributed by atoms with Gasteiger partial charge in [-0.15, -0.1) is 0 Å². The second-order valence-electron chi connectivity index (χ2n) is 3.29. The van der Waals surface area contributed by atoms with Crippen LogP contribution in [-0.4, -0.2) is 4.57 Å². The van der Waals surface area contributed by atoms with Crippen LogP contribution in [0.1, 0.15) is 5.56 Å². The number of benzene rings is 1. The standard InChI is InChI=1S/C11H12IN2/c1-13-7-8-14(11(13)12)9-10-5-3-2-4-6-10/h2-8H,9H2,1H3/q+1. The van der Waals surface area contributed by atoms with Gasteiger partial charge in [-0.3, -0.25) is 0 Å². The molecule has 0 saturated carbocycles. The first-order valence-corrected chi connectivity index (χ1v) is 5.59. The van der Waals surface area contributed by atoms with Crippen molar-refractivity contribution in [1.82, 2.24) is 4.57 Å². The Morgan fingerprint density at radius 1 is 1.29 bits per heavy atom. The summed E-state index contributed by atoms with van der Waals surface area (Å²) in [5.74, 6) is 0. The number of rotatable bonds is 2. The van der Waals surface area contributed by atoms with E-state index in [4.69, 9.17) is 0 Å². The average molecular weight is 299 g/mol. The molecule has 0 radical (unpaired) electrons.